The maximum Gasteiger partial charge on any atom is 0.250 e. The molecule has 0 bridgehead atoms. The van der Waals surface area contributed by atoms with Gasteiger partial charge in [0.1, 0.15) is 0 Å². The largest absolute Gasteiger partial charge is 0.319 e. The first-order valence-electron chi connectivity index (χ1n) is 7.85. The van der Waals surface area contributed by atoms with Crippen molar-refractivity contribution in [2.75, 3.05) is 26.2 Å². The Morgan fingerprint density at radius 3 is 2.05 bits per heavy atom. The fraction of sp³-hybridized carbons (Fsp3) is 0.389. The van der Waals surface area contributed by atoms with Gasteiger partial charge in [0.15, 0.2) is 0 Å². The van der Waals surface area contributed by atoms with E-state index in [0.717, 1.165) is 44.8 Å². The summed E-state index contributed by atoms with van der Waals surface area (Å²) in [5.74, 6) is 0. The Kier molecular flexibility index (Phi) is 4.71. The van der Waals surface area contributed by atoms with Crippen LogP contribution in [0.3, 0.4) is 0 Å². The topological polar surface area (TPSA) is 28.5 Å². The predicted octanol–water partition coefficient (Wildman–Crippen LogP) is 1.70. The van der Waals surface area contributed by atoms with Gasteiger partial charge in [-0.2, -0.15) is 0 Å². The molecule has 1 saturated heterocycles. The molecule has 1 aromatic heterocycles. The lowest BCUT2D eigenvalue weighted by atomic mass is 10.2. The molecule has 0 amide bonds. The molecule has 1 aromatic carbocycles. The van der Waals surface area contributed by atoms with Crippen LogP contribution in [0.2, 0.25) is 0 Å². The zero-order valence-corrected chi connectivity index (χ0v) is 13.1. The third-order valence-corrected chi connectivity index (χ3v) is 4.29. The highest BCUT2D eigenvalue weighted by molar-refractivity contribution is 5.14. The number of aryl methyl sites for hydroxylation is 1. The first-order valence-corrected chi connectivity index (χ1v) is 7.85. The molecule has 2 aromatic rings. The average molecular weight is 297 g/mol. The average Bonchev–Trinajstić information content (AvgIpc) is 2.54. The van der Waals surface area contributed by atoms with Gasteiger partial charge in [0.25, 0.3) is 5.56 Å². The van der Waals surface area contributed by atoms with E-state index in [1.807, 2.05) is 12.3 Å². The van der Waals surface area contributed by atoms with Gasteiger partial charge < -0.3 is 4.57 Å². The zero-order chi connectivity index (χ0) is 15.4. The summed E-state index contributed by atoms with van der Waals surface area (Å²) in [5, 5.41) is 0. The second kappa shape index (κ2) is 6.90. The van der Waals surface area contributed by atoms with Crippen LogP contribution in [0.15, 0.2) is 53.5 Å². The van der Waals surface area contributed by atoms with Crippen LogP contribution in [0, 0.1) is 0 Å². The number of piperazine rings is 1. The summed E-state index contributed by atoms with van der Waals surface area (Å²) in [5.41, 5.74) is 2.56. The van der Waals surface area contributed by atoms with Crippen LogP contribution in [0.25, 0.3) is 0 Å². The fourth-order valence-corrected chi connectivity index (χ4v) is 2.89. The van der Waals surface area contributed by atoms with Crippen LogP contribution in [-0.2, 0) is 20.1 Å². The quantitative estimate of drug-likeness (QED) is 0.860. The molecule has 3 rings (SSSR count). The van der Waals surface area contributed by atoms with Gasteiger partial charge in [0.05, 0.1) is 0 Å². The van der Waals surface area contributed by atoms with E-state index < -0.39 is 0 Å². The van der Waals surface area contributed by atoms with Crippen LogP contribution >= 0.6 is 0 Å². The Morgan fingerprint density at radius 2 is 1.45 bits per heavy atom. The summed E-state index contributed by atoms with van der Waals surface area (Å²) in [6, 6.07) is 14.4. The molecular weight excluding hydrogens is 274 g/mol. The van der Waals surface area contributed by atoms with Gasteiger partial charge in [-0.1, -0.05) is 30.3 Å². The van der Waals surface area contributed by atoms with Crippen molar-refractivity contribution in [1.29, 1.82) is 0 Å². The van der Waals surface area contributed by atoms with Crippen molar-refractivity contribution in [3.63, 3.8) is 0 Å². The van der Waals surface area contributed by atoms with Crippen LogP contribution in [-0.4, -0.2) is 40.5 Å². The lowest BCUT2D eigenvalue weighted by Gasteiger charge is -2.34. The van der Waals surface area contributed by atoms with Gasteiger partial charge in [0, 0.05) is 58.6 Å². The molecule has 1 aliphatic heterocycles. The van der Waals surface area contributed by atoms with Gasteiger partial charge in [-0.25, -0.2) is 0 Å². The molecule has 0 spiro atoms. The molecule has 0 aliphatic carbocycles. The summed E-state index contributed by atoms with van der Waals surface area (Å²) in [6.45, 7) is 6.18. The van der Waals surface area contributed by atoms with Crippen molar-refractivity contribution in [2.24, 2.45) is 7.05 Å². The van der Waals surface area contributed by atoms with Gasteiger partial charge in [-0.05, 0) is 17.2 Å². The molecule has 0 unspecified atom stereocenters. The van der Waals surface area contributed by atoms with E-state index >= 15 is 0 Å². The highest BCUT2D eigenvalue weighted by Gasteiger charge is 2.17. The molecule has 4 nitrogen and oxygen atoms in total. The molecule has 1 aliphatic rings. The highest BCUT2D eigenvalue weighted by atomic mass is 16.1. The molecule has 116 valence electrons. The van der Waals surface area contributed by atoms with Crippen molar-refractivity contribution in [1.82, 2.24) is 14.4 Å². The number of benzene rings is 1. The Balaban J connectivity index is 1.51. The molecule has 0 N–H and O–H groups in total. The number of hydrogen-bond donors (Lipinski definition) is 0. The second-order valence-electron chi connectivity index (χ2n) is 6.02. The number of nitrogens with zero attached hydrogens (tertiary/aromatic N) is 3. The molecular formula is C18H23N3O. The van der Waals surface area contributed by atoms with Crippen LogP contribution < -0.4 is 5.56 Å². The molecule has 22 heavy (non-hydrogen) atoms. The molecule has 4 heteroatoms. The van der Waals surface area contributed by atoms with E-state index in [1.54, 1.807) is 17.7 Å². The summed E-state index contributed by atoms with van der Waals surface area (Å²) in [6.07, 6.45) is 1.85. The number of aromatic nitrogens is 1. The number of hydrogen-bond acceptors (Lipinski definition) is 3. The minimum atomic E-state index is 0.0696. The van der Waals surface area contributed by atoms with Crippen molar-refractivity contribution in [2.45, 2.75) is 13.1 Å². The van der Waals surface area contributed by atoms with E-state index in [-0.39, 0.29) is 5.56 Å². The summed E-state index contributed by atoms with van der Waals surface area (Å²) in [7, 11) is 1.79. The van der Waals surface area contributed by atoms with E-state index in [2.05, 4.69) is 40.1 Å². The zero-order valence-electron chi connectivity index (χ0n) is 13.1. The van der Waals surface area contributed by atoms with Gasteiger partial charge in [-0.15, -0.1) is 0 Å². The molecule has 1 fully saturated rings. The first kappa shape index (κ1) is 15.0. The lowest BCUT2D eigenvalue weighted by molar-refractivity contribution is 0.122. The van der Waals surface area contributed by atoms with Crippen molar-refractivity contribution in [3.05, 3.63) is 70.1 Å². The minimum absolute atomic E-state index is 0.0696. The SMILES string of the molecule is Cn1ccc(CN2CCN(Cc3ccccc3)CC2)cc1=O. The van der Waals surface area contributed by atoms with E-state index in [4.69, 9.17) is 0 Å². The Labute approximate surface area is 131 Å². The predicted molar refractivity (Wildman–Crippen MR) is 88.7 cm³/mol. The number of rotatable bonds is 4. The molecule has 0 saturated carbocycles. The van der Waals surface area contributed by atoms with Gasteiger partial charge in [0.2, 0.25) is 0 Å². The third kappa shape index (κ3) is 3.84. The van der Waals surface area contributed by atoms with Crippen LogP contribution in [0.4, 0.5) is 0 Å². The van der Waals surface area contributed by atoms with E-state index in [0.29, 0.717) is 0 Å². The summed E-state index contributed by atoms with van der Waals surface area (Å²) < 4.78 is 1.61. The first-order chi connectivity index (χ1) is 10.7. The summed E-state index contributed by atoms with van der Waals surface area (Å²) >= 11 is 0. The van der Waals surface area contributed by atoms with Gasteiger partial charge in [-0.3, -0.25) is 14.6 Å². The Hall–Kier alpha value is -1.91. The van der Waals surface area contributed by atoms with E-state index in [1.165, 1.54) is 5.56 Å². The Morgan fingerprint density at radius 1 is 0.864 bits per heavy atom. The van der Waals surface area contributed by atoms with Crippen molar-refractivity contribution < 1.29 is 0 Å². The molecule has 0 atom stereocenters. The third-order valence-electron chi connectivity index (χ3n) is 4.29. The van der Waals surface area contributed by atoms with Gasteiger partial charge >= 0.3 is 0 Å². The summed E-state index contributed by atoms with van der Waals surface area (Å²) in [4.78, 5) is 16.6. The van der Waals surface area contributed by atoms with E-state index in [9.17, 15) is 4.79 Å². The lowest BCUT2D eigenvalue weighted by Crippen LogP contribution is -2.45. The van der Waals surface area contributed by atoms with Crippen molar-refractivity contribution >= 4 is 0 Å². The maximum atomic E-state index is 11.7. The second-order valence-corrected chi connectivity index (χ2v) is 6.02. The molecule has 0 radical (unpaired) electrons. The Bertz CT molecular complexity index is 658. The van der Waals surface area contributed by atoms with Crippen LogP contribution in [0.5, 0.6) is 0 Å². The standard InChI is InChI=1S/C18H23N3O/c1-19-8-7-17(13-18(19)22)15-21-11-9-20(10-12-21)14-16-5-3-2-4-6-16/h2-8,13H,9-12,14-15H2,1H3. The van der Waals surface area contributed by atoms with Crippen molar-refractivity contribution in [3.8, 4) is 0 Å². The highest BCUT2D eigenvalue weighted by Crippen LogP contribution is 2.10. The normalized spacial score (nSPS) is 16.8. The maximum absolute atomic E-state index is 11.7. The monoisotopic (exact) mass is 297 g/mol. The smallest absolute Gasteiger partial charge is 0.250 e. The fourth-order valence-electron chi connectivity index (χ4n) is 2.89. The minimum Gasteiger partial charge on any atom is -0.319 e. The molecule has 2 heterocycles. The number of pyridine rings is 1. The van der Waals surface area contributed by atoms with Crippen LogP contribution in [0.1, 0.15) is 11.1 Å².